The van der Waals surface area contributed by atoms with E-state index in [1.807, 2.05) is 50.2 Å². The lowest BCUT2D eigenvalue weighted by molar-refractivity contribution is -0.132. The van der Waals surface area contributed by atoms with Gasteiger partial charge in [-0.1, -0.05) is 18.2 Å². The highest BCUT2D eigenvalue weighted by molar-refractivity contribution is 5.78. The summed E-state index contributed by atoms with van der Waals surface area (Å²) in [5.41, 5.74) is 1.02. The quantitative estimate of drug-likeness (QED) is 0.656. The van der Waals surface area contributed by atoms with Gasteiger partial charge in [0.2, 0.25) is 5.91 Å². The van der Waals surface area contributed by atoms with Gasteiger partial charge in [0.05, 0.1) is 19.7 Å². The van der Waals surface area contributed by atoms with Crippen molar-refractivity contribution in [3.05, 3.63) is 29.8 Å². The van der Waals surface area contributed by atoms with Crippen LogP contribution in [0.15, 0.2) is 24.3 Å². The summed E-state index contributed by atoms with van der Waals surface area (Å²) < 4.78 is 10.4. The highest BCUT2D eigenvalue weighted by Gasteiger charge is 2.20. The summed E-state index contributed by atoms with van der Waals surface area (Å²) in [6.07, 6.45) is 0.923. The van der Waals surface area contributed by atoms with Gasteiger partial charge >= 0.3 is 0 Å². The SMILES string of the molecule is COCCCN(C)CC(=O)N(C)C(C)c1ccccc1OC. The van der Waals surface area contributed by atoms with Gasteiger partial charge in [0.25, 0.3) is 0 Å². The Balaban J connectivity index is 2.61. The number of ether oxygens (including phenoxy) is 2. The van der Waals surface area contributed by atoms with Crippen LogP contribution >= 0.6 is 0 Å². The van der Waals surface area contributed by atoms with E-state index in [-0.39, 0.29) is 11.9 Å². The lowest BCUT2D eigenvalue weighted by atomic mass is 10.1. The second-order valence-corrected chi connectivity index (χ2v) is 5.51. The zero-order chi connectivity index (χ0) is 16.5. The fourth-order valence-electron chi connectivity index (χ4n) is 2.34. The lowest BCUT2D eigenvalue weighted by Gasteiger charge is -2.28. The molecule has 0 aliphatic carbocycles. The highest BCUT2D eigenvalue weighted by atomic mass is 16.5. The first-order valence-corrected chi connectivity index (χ1v) is 7.57. The van der Waals surface area contributed by atoms with E-state index >= 15 is 0 Å². The van der Waals surface area contributed by atoms with E-state index in [9.17, 15) is 4.79 Å². The molecule has 5 heteroatoms. The van der Waals surface area contributed by atoms with Crippen molar-refractivity contribution in [3.8, 4) is 5.75 Å². The number of carbonyl (C=O) groups excluding carboxylic acids is 1. The summed E-state index contributed by atoms with van der Waals surface area (Å²) in [6.45, 7) is 3.98. The minimum absolute atomic E-state index is 0.0315. The molecule has 0 saturated heterocycles. The number of hydrogen-bond donors (Lipinski definition) is 0. The van der Waals surface area contributed by atoms with Crippen molar-refractivity contribution < 1.29 is 14.3 Å². The van der Waals surface area contributed by atoms with E-state index in [2.05, 4.69) is 0 Å². The number of hydrogen-bond acceptors (Lipinski definition) is 4. The summed E-state index contributed by atoms with van der Waals surface area (Å²) in [6, 6.07) is 7.77. The maximum absolute atomic E-state index is 12.4. The molecule has 22 heavy (non-hydrogen) atoms. The molecule has 0 aliphatic rings. The van der Waals surface area contributed by atoms with E-state index in [1.54, 1.807) is 19.1 Å². The third-order valence-electron chi connectivity index (χ3n) is 3.86. The summed E-state index contributed by atoms with van der Waals surface area (Å²) in [4.78, 5) is 16.2. The Morgan fingerprint density at radius 1 is 1.23 bits per heavy atom. The highest BCUT2D eigenvalue weighted by Crippen LogP contribution is 2.28. The molecule has 1 atom stereocenters. The Labute approximate surface area is 133 Å². The molecule has 0 spiro atoms. The molecule has 0 heterocycles. The van der Waals surface area contributed by atoms with Crippen molar-refractivity contribution in [2.75, 3.05) is 48.0 Å². The van der Waals surface area contributed by atoms with E-state index < -0.39 is 0 Å². The first-order valence-electron chi connectivity index (χ1n) is 7.57. The van der Waals surface area contributed by atoms with Gasteiger partial charge < -0.3 is 14.4 Å². The number of likely N-dealkylation sites (N-methyl/N-ethyl adjacent to an activating group) is 2. The molecule has 0 aliphatic heterocycles. The number of para-hydroxylation sites is 1. The van der Waals surface area contributed by atoms with Crippen LogP contribution in [-0.4, -0.2) is 63.7 Å². The Morgan fingerprint density at radius 3 is 2.55 bits per heavy atom. The zero-order valence-corrected chi connectivity index (χ0v) is 14.3. The van der Waals surface area contributed by atoms with Crippen molar-refractivity contribution in [2.24, 2.45) is 0 Å². The minimum atomic E-state index is -0.0315. The molecule has 1 aromatic carbocycles. The van der Waals surface area contributed by atoms with Crippen LogP contribution in [0.4, 0.5) is 0 Å². The Bertz CT molecular complexity index is 465. The summed E-state index contributed by atoms with van der Waals surface area (Å²) >= 11 is 0. The van der Waals surface area contributed by atoms with E-state index in [4.69, 9.17) is 9.47 Å². The van der Waals surface area contributed by atoms with Crippen molar-refractivity contribution >= 4 is 5.91 Å². The molecule has 1 amide bonds. The molecule has 0 saturated carbocycles. The van der Waals surface area contributed by atoms with E-state index in [0.717, 1.165) is 24.3 Å². The molecule has 1 aromatic rings. The monoisotopic (exact) mass is 308 g/mol. The predicted molar refractivity (Wildman–Crippen MR) is 88.2 cm³/mol. The third-order valence-corrected chi connectivity index (χ3v) is 3.86. The standard InChI is InChI=1S/C17H28N2O3/c1-14(15-9-6-7-10-16(15)22-5)19(3)17(20)13-18(2)11-8-12-21-4/h6-7,9-10,14H,8,11-13H2,1-5H3. The Morgan fingerprint density at radius 2 is 1.91 bits per heavy atom. The molecule has 0 aromatic heterocycles. The number of nitrogens with zero attached hydrogens (tertiary/aromatic N) is 2. The van der Waals surface area contributed by atoms with Gasteiger partial charge in [-0.3, -0.25) is 9.69 Å². The van der Waals surface area contributed by atoms with E-state index in [0.29, 0.717) is 13.2 Å². The van der Waals surface area contributed by atoms with Crippen molar-refractivity contribution in [3.63, 3.8) is 0 Å². The van der Waals surface area contributed by atoms with Crippen LogP contribution in [0.2, 0.25) is 0 Å². The first kappa shape index (κ1) is 18.5. The van der Waals surface area contributed by atoms with Crippen LogP contribution in [0, 0.1) is 0 Å². The molecule has 5 nitrogen and oxygen atoms in total. The number of methoxy groups -OCH3 is 2. The zero-order valence-electron chi connectivity index (χ0n) is 14.3. The number of rotatable bonds is 9. The molecule has 124 valence electrons. The number of benzene rings is 1. The van der Waals surface area contributed by atoms with Crippen molar-refractivity contribution in [1.82, 2.24) is 9.80 Å². The van der Waals surface area contributed by atoms with E-state index in [1.165, 1.54) is 0 Å². The summed E-state index contributed by atoms with van der Waals surface area (Å²) in [7, 11) is 7.13. The fourth-order valence-corrected chi connectivity index (χ4v) is 2.34. The van der Waals surface area contributed by atoms with Gasteiger partial charge in [-0.05, 0) is 26.5 Å². The largest absolute Gasteiger partial charge is 0.496 e. The lowest BCUT2D eigenvalue weighted by Crippen LogP contribution is -2.38. The molecule has 1 rings (SSSR count). The second-order valence-electron chi connectivity index (χ2n) is 5.51. The number of amides is 1. The van der Waals surface area contributed by atoms with Crippen LogP contribution in [0.5, 0.6) is 5.75 Å². The van der Waals surface area contributed by atoms with Crippen molar-refractivity contribution in [1.29, 1.82) is 0 Å². The third kappa shape index (κ3) is 5.31. The van der Waals surface area contributed by atoms with Crippen LogP contribution in [0.1, 0.15) is 24.9 Å². The average molecular weight is 308 g/mol. The molecular formula is C17H28N2O3. The van der Waals surface area contributed by atoms with Gasteiger partial charge in [0.15, 0.2) is 0 Å². The smallest absolute Gasteiger partial charge is 0.236 e. The average Bonchev–Trinajstić information content (AvgIpc) is 2.53. The molecule has 0 bridgehead atoms. The Kier molecular flexibility index (Phi) is 7.91. The van der Waals surface area contributed by atoms with Crippen LogP contribution in [0.25, 0.3) is 0 Å². The van der Waals surface area contributed by atoms with Crippen LogP contribution in [0.3, 0.4) is 0 Å². The van der Waals surface area contributed by atoms with Gasteiger partial charge in [0, 0.05) is 32.9 Å². The van der Waals surface area contributed by atoms with Crippen LogP contribution < -0.4 is 4.74 Å². The normalized spacial score (nSPS) is 12.3. The fraction of sp³-hybridized carbons (Fsp3) is 0.588. The van der Waals surface area contributed by atoms with Gasteiger partial charge in [0.1, 0.15) is 5.75 Å². The predicted octanol–water partition coefficient (Wildman–Crippen LogP) is 2.18. The van der Waals surface area contributed by atoms with Gasteiger partial charge in [-0.15, -0.1) is 0 Å². The summed E-state index contributed by atoms with van der Waals surface area (Å²) in [5.74, 6) is 0.904. The molecule has 0 fully saturated rings. The molecule has 1 unspecified atom stereocenters. The second kappa shape index (κ2) is 9.43. The molecule has 0 radical (unpaired) electrons. The van der Waals surface area contributed by atoms with Crippen molar-refractivity contribution in [2.45, 2.75) is 19.4 Å². The molecule has 0 N–H and O–H groups in total. The van der Waals surface area contributed by atoms with Gasteiger partial charge in [-0.25, -0.2) is 0 Å². The summed E-state index contributed by atoms with van der Waals surface area (Å²) in [5, 5.41) is 0. The van der Waals surface area contributed by atoms with Gasteiger partial charge in [-0.2, -0.15) is 0 Å². The number of carbonyl (C=O) groups is 1. The Hall–Kier alpha value is -1.59. The van der Waals surface area contributed by atoms with Crippen LogP contribution in [-0.2, 0) is 9.53 Å². The topological polar surface area (TPSA) is 42.0 Å². The maximum Gasteiger partial charge on any atom is 0.236 e. The minimum Gasteiger partial charge on any atom is -0.496 e. The maximum atomic E-state index is 12.4. The molecular weight excluding hydrogens is 280 g/mol. The first-order chi connectivity index (χ1) is 10.5.